The Morgan fingerprint density at radius 1 is 0.931 bits per heavy atom. The van der Waals surface area contributed by atoms with Crippen LogP contribution >= 0.6 is 0 Å². The predicted molar refractivity (Wildman–Crippen MR) is 116 cm³/mol. The van der Waals surface area contributed by atoms with Gasteiger partial charge >= 0.3 is 0 Å². The first-order chi connectivity index (χ1) is 12.5. The fraction of sp³-hybridized carbons (Fsp3) is 0.200. The van der Waals surface area contributed by atoms with Crippen LogP contribution in [0.5, 0.6) is 0 Å². The zero-order valence-electron chi connectivity index (χ0n) is 17.3. The smallest absolute Gasteiger partial charge is 0.0774 e. The van der Waals surface area contributed by atoms with Crippen LogP contribution in [0.2, 0.25) is 0 Å². The van der Waals surface area contributed by atoms with Gasteiger partial charge in [0.05, 0.1) is 16.7 Å². The first kappa shape index (κ1) is 24.2. The van der Waals surface area contributed by atoms with Gasteiger partial charge < -0.3 is 11.8 Å². The summed E-state index contributed by atoms with van der Waals surface area (Å²) in [4.78, 5) is 4.91. The molecule has 0 saturated heterocycles. The molecule has 2 nitrogen and oxygen atoms in total. The van der Waals surface area contributed by atoms with Crippen LogP contribution in [-0.4, -0.2) is 9.38 Å². The summed E-state index contributed by atoms with van der Waals surface area (Å²) < 4.78 is 2.28. The van der Waals surface area contributed by atoms with Gasteiger partial charge in [0.1, 0.15) is 0 Å². The maximum absolute atomic E-state index is 4.91. The number of fused-ring (bicyclic) bond motifs is 8. The Labute approximate surface area is 211 Å². The summed E-state index contributed by atoms with van der Waals surface area (Å²) in [6, 6.07) is 24.9. The van der Waals surface area contributed by atoms with E-state index in [4.69, 9.17) is 4.98 Å². The standard InChI is InChI=1S/C24H21N2.CH3.Ir.Y/c1-24(2,3)15-16-12-13-21-19(14-16)17-8-4-5-9-18(17)23-25-20-10-6-7-11-22(20)26(21)23;;;/h4-8,10-14H,15H2,1-3H3;1H3;;/q2*-1;;. The minimum atomic E-state index is 0. The number of pyridine rings is 1. The predicted octanol–water partition coefficient (Wildman–Crippen LogP) is 6.63. The summed E-state index contributed by atoms with van der Waals surface area (Å²) in [5.41, 5.74) is 6.00. The van der Waals surface area contributed by atoms with Crippen molar-refractivity contribution in [1.82, 2.24) is 9.38 Å². The van der Waals surface area contributed by atoms with Crippen LogP contribution in [0.15, 0.2) is 60.7 Å². The number of rotatable bonds is 1. The zero-order valence-corrected chi connectivity index (χ0v) is 22.5. The summed E-state index contributed by atoms with van der Waals surface area (Å²) >= 11 is 0. The van der Waals surface area contributed by atoms with Crippen LogP contribution in [0.1, 0.15) is 26.3 Å². The number of benzene rings is 3. The monoisotopic (exact) mass is 634 g/mol. The van der Waals surface area contributed by atoms with Crippen molar-refractivity contribution in [2.45, 2.75) is 27.2 Å². The molecule has 0 bridgehead atoms. The van der Waals surface area contributed by atoms with Gasteiger partial charge in [0, 0.05) is 58.3 Å². The van der Waals surface area contributed by atoms with Gasteiger partial charge in [-0.05, 0) is 41.0 Å². The van der Waals surface area contributed by atoms with Gasteiger partial charge in [-0.2, -0.15) is 0 Å². The molecule has 0 spiro atoms. The Morgan fingerprint density at radius 3 is 2.45 bits per heavy atom. The van der Waals surface area contributed by atoms with Gasteiger partial charge in [0.25, 0.3) is 0 Å². The van der Waals surface area contributed by atoms with Gasteiger partial charge in [-0.25, -0.2) is 0 Å². The topological polar surface area (TPSA) is 17.3 Å². The second kappa shape index (κ2) is 8.94. The molecule has 5 rings (SSSR count). The minimum Gasteiger partial charge on any atom is -0.358 e. The van der Waals surface area contributed by atoms with Crippen molar-refractivity contribution >= 4 is 38.4 Å². The normalized spacial score (nSPS) is 11.3. The van der Waals surface area contributed by atoms with Crippen LogP contribution < -0.4 is 0 Å². The molecule has 0 aliphatic rings. The molecule has 0 saturated carbocycles. The fourth-order valence-corrected chi connectivity index (χ4v) is 4.00. The van der Waals surface area contributed by atoms with Gasteiger partial charge in [-0.3, -0.25) is 4.98 Å². The molecule has 29 heavy (non-hydrogen) atoms. The van der Waals surface area contributed by atoms with Crippen LogP contribution in [0.25, 0.3) is 38.4 Å². The molecular formula is C25H24IrN2Y-2. The van der Waals surface area contributed by atoms with E-state index in [1.54, 1.807) is 0 Å². The Morgan fingerprint density at radius 2 is 1.69 bits per heavy atom. The van der Waals surface area contributed by atoms with Crippen LogP contribution in [0.3, 0.4) is 0 Å². The third kappa shape index (κ3) is 4.21. The molecule has 2 aromatic heterocycles. The first-order valence-corrected chi connectivity index (χ1v) is 9.13. The van der Waals surface area contributed by atoms with Crippen LogP contribution in [0.4, 0.5) is 0 Å². The van der Waals surface area contributed by atoms with Gasteiger partial charge in [-0.1, -0.05) is 50.4 Å². The molecule has 0 N–H and O–H groups in total. The fourth-order valence-electron chi connectivity index (χ4n) is 4.00. The molecule has 0 aliphatic carbocycles. The maximum atomic E-state index is 4.91. The number of hydrogen-bond acceptors (Lipinski definition) is 1. The second-order valence-electron chi connectivity index (χ2n) is 8.31. The SMILES string of the molecule is CC(C)(C)Cc1ccc2c(c1)c1ccc[c-]c1c1nc3ccccc3n21.[CH3-].[Ir].[Y]. The maximum Gasteiger partial charge on any atom is 0.0774 e. The summed E-state index contributed by atoms with van der Waals surface area (Å²) in [5, 5.41) is 3.58. The second-order valence-corrected chi connectivity index (χ2v) is 8.31. The van der Waals surface area contributed by atoms with E-state index < -0.39 is 0 Å². The van der Waals surface area contributed by atoms with Crippen molar-refractivity contribution in [3.63, 3.8) is 0 Å². The van der Waals surface area contributed by atoms with E-state index in [9.17, 15) is 0 Å². The number of nitrogens with zero attached hydrogens (tertiary/aromatic N) is 2. The molecule has 2 radical (unpaired) electrons. The van der Waals surface area contributed by atoms with Crippen LogP contribution in [-0.2, 0) is 59.2 Å². The zero-order chi connectivity index (χ0) is 17.9. The molecule has 5 aromatic rings. The average molecular weight is 634 g/mol. The molecule has 0 aliphatic heterocycles. The van der Waals surface area contributed by atoms with Gasteiger partial charge in [0.2, 0.25) is 0 Å². The van der Waals surface area contributed by atoms with Crippen LogP contribution in [0, 0.1) is 18.9 Å². The number of para-hydroxylation sites is 2. The Bertz CT molecular complexity index is 1300. The molecule has 148 valence electrons. The summed E-state index contributed by atoms with van der Waals surface area (Å²) in [6.45, 7) is 6.86. The van der Waals surface area contributed by atoms with E-state index in [-0.39, 0.29) is 65.7 Å². The van der Waals surface area contributed by atoms with E-state index >= 15 is 0 Å². The molecular weight excluding hydrogens is 609 g/mol. The molecule has 0 unspecified atom stereocenters. The molecule has 0 atom stereocenters. The summed E-state index contributed by atoms with van der Waals surface area (Å²) in [6.07, 6.45) is 1.06. The third-order valence-corrected chi connectivity index (χ3v) is 4.97. The number of imidazole rings is 1. The van der Waals surface area contributed by atoms with Crippen molar-refractivity contribution in [1.29, 1.82) is 0 Å². The quantitative estimate of drug-likeness (QED) is 0.150. The third-order valence-electron chi connectivity index (χ3n) is 4.97. The summed E-state index contributed by atoms with van der Waals surface area (Å²) in [7, 11) is 0. The Balaban J connectivity index is 0.000001000. The number of hydrogen-bond donors (Lipinski definition) is 0. The van der Waals surface area contributed by atoms with E-state index in [1.165, 1.54) is 21.9 Å². The molecule has 4 heteroatoms. The first-order valence-electron chi connectivity index (χ1n) is 9.13. The van der Waals surface area contributed by atoms with Crippen molar-refractivity contribution in [2.75, 3.05) is 0 Å². The van der Waals surface area contributed by atoms with E-state index in [1.807, 2.05) is 12.1 Å². The van der Waals surface area contributed by atoms with E-state index in [0.29, 0.717) is 0 Å². The van der Waals surface area contributed by atoms with E-state index in [2.05, 4.69) is 79.8 Å². The average Bonchev–Trinajstić information content (AvgIpc) is 3.00. The minimum absolute atomic E-state index is 0. The van der Waals surface area contributed by atoms with Gasteiger partial charge in [0.15, 0.2) is 0 Å². The van der Waals surface area contributed by atoms with Crippen molar-refractivity contribution in [2.24, 2.45) is 5.41 Å². The van der Waals surface area contributed by atoms with Gasteiger partial charge in [-0.15, -0.1) is 29.7 Å². The molecule has 3 aromatic carbocycles. The molecule has 0 amide bonds. The van der Waals surface area contributed by atoms with Crippen molar-refractivity contribution in [3.8, 4) is 0 Å². The molecule has 0 fully saturated rings. The van der Waals surface area contributed by atoms with Crippen molar-refractivity contribution < 1.29 is 52.8 Å². The van der Waals surface area contributed by atoms with E-state index in [0.717, 1.165) is 28.5 Å². The Kier molecular flexibility index (Phi) is 7.45. The molecule has 2 heterocycles. The van der Waals surface area contributed by atoms with Crippen molar-refractivity contribution in [3.05, 3.63) is 79.7 Å². The number of aromatic nitrogens is 2. The Hall–Kier alpha value is -1.12. The summed E-state index contributed by atoms with van der Waals surface area (Å²) in [5.74, 6) is 0. The largest absolute Gasteiger partial charge is 0.358 e.